The molecular weight excluding hydrogens is 510 g/mol. The minimum Gasteiger partial charge on any atom is -0.394 e. The van der Waals surface area contributed by atoms with Crippen LogP contribution in [0, 0.1) is 0 Å². The highest BCUT2D eigenvalue weighted by molar-refractivity contribution is 5.76. The van der Waals surface area contributed by atoms with Crippen LogP contribution in [-0.4, -0.2) is 47.1 Å². The molecule has 1 fully saturated rings. The molecule has 236 valence electrons. The molecule has 0 spiro atoms. The van der Waals surface area contributed by atoms with Crippen LogP contribution in [0.5, 0.6) is 0 Å². The molecule has 1 aliphatic rings. The number of ether oxygens (including phenoxy) is 1. The second-order valence-corrected chi connectivity index (χ2v) is 11.6. The van der Waals surface area contributed by atoms with Crippen LogP contribution in [0.15, 0.2) is 48.6 Å². The van der Waals surface area contributed by atoms with Gasteiger partial charge in [-0.3, -0.25) is 4.79 Å². The summed E-state index contributed by atoms with van der Waals surface area (Å²) in [6.45, 7) is 4.21. The van der Waals surface area contributed by atoms with Crippen molar-refractivity contribution in [1.29, 1.82) is 0 Å². The topological polar surface area (TPSA) is 82.1 Å². The Morgan fingerprint density at radius 3 is 1.90 bits per heavy atom. The van der Waals surface area contributed by atoms with Gasteiger partial charge in [-0.15, -0.1) is 0 Å². The van der Waals surface area contributed by atoms with E-state index in [2.05, 4.69) is 55.6 Å². The van der Waals surface area contributed by atoms with E-state index in [0.717, 1.165) is 44.9 Å². The standard InChI is InChI=1S/C36H63NO4/c1-3-5-7-9-11-12-13-14-16-19-23-27-33(39)32(31-38)37-36(40)30-26-22-18-15-17-21-25-29-35-34(41-35)28-24-20-10-8-6-4-2/h15,18,20-21,23-25,27,32-35,38-39H,3-14,16-17,19,22,26,28-31H2,1-2H3,(H,37,40)/b18-15-,24-20-,25-21-,27-23+/t32-,33+,34?,35?/m0/s1. The van der Waals surface area contributed by atoms with Gasteiger partial charge in [-0.05, 0) is 57.8 Å². The third-order valence-electron chi connectivity index (χ3n) is 7.71. The molecule has 5 heteroatoms. The Bertz CT molecular complexity index is 729. The molecule has 2 unspecified atom stereocenters. The number of allylic oxidation sites excluding steroid dienone is 5. The van der Waals surface area contributed by atoms with Gasteiger partial charge in [0, 0.05) is 6.42 Å². The van der Waals surface area contributed by atoms with Crippen molar-refractivity contribution in [2.45, 2.75) is 167 Å². The van der Waals surface area contributed by atoms with Gasteiger partial charge in [0.05, 0.1) is 31.0 Å². The van der Waals surface area contributed by atoms with Crippen molar-refractivity contribution in [3.8, 4) is 0 Å². The highest BCUT2D eigenvalue weighted by Crippen LogP contribution is 2.29. The lowest BCUT2D eigenvalue weighted by Gasteiger charge is -2.19. The van der Waals surface area contributed by atoms with Crippen LogP contribution >= 0.6 is 0 Å². The number of unbranched alkanes of at least 4 members (excludes halogenated alkanes) is 13. The first kappa shape index (κ1) is 37.3. The number of aliphatic hydroxyl groups is 2. The maximum absolute atomic E-state index is 12.3. The van der Waals surface area contributed by atoms with Crippen LogP contribution in [-0.2, 0) is 9.53 Å². The molecule has 3 N–H and O–H groups in total. The Labute approximate surface area is 252 Å². The van der Waals surface area contributed by atoms with Crippen LogP contribution in [0.25, 0.3) is 0 Å². The van der Waals surface area contributed by atoms with Gasteiger partial charge >= 0.3 is 0 Å². The Morgan fingerprint density at radius 2 is 1.22 bits per heavy atom. The summed E-state index contributed by atoms with van der Waals surface area (Å²) < 4.78 is 5.74. The van der Waals surface area contributed by atoms with Crippen LogP contribution in [0.1, 0.15) is 142 Å². The summed E-state index contributed by atoms with van der Waals surface area (Å²) in [4.78, 5) is 12.3. The van der Waals surface area contributed by atoms with Crippen molar-refractivity contribution in [3.63, 3.8) is 0 Å². The first-order chi connectivity index (χ1) is 20.1. The highest BCUT2D eigenvalue weighted by atomic mass is 16.6. The van der Waals surface area contributed by atoms with E-state index >= 15 is 0 Å². The quantitative estimate of drug-likeness (QED) is 0.0497. The molecule has 0 aromatic heterocycles. The lowest BCUT2D eigenvalue weighted by atomic mass is 10.1. The van der Waals surface area contributed by atoms with E-state index in [-0.39, 0.29) is 12.5 Å². The molecule has 1 rings (SSSR count). The molecule has 1 amide bonds. The molecule has 1 heterocycles. The first-order valence-corrected chi connectivity index (χ1v) is 17.0. The average Bonchev–Trinajstić information content (AvgIpc) is 3.73. The number of carbonyl (C=O) groups excluding carboxylic acids is 1. The maximum Gasteiger partial charge on any atom is 0.220 e. The van der Waals surface area contributed by atoms with Crippen molar-refractivity contribution in [2.24, 2.45) is 0 Å². The molecule has 41 heavy (non-hydrogen) atoms. The highest BCUT2D eigenvalue weighted by Gasteiger charge is 2.35. The van der Waals surface area contributed by atoms with Crippen LogP contribution < -0.4 is 5.32 Å². The van der Waals surface area contributed by atoms with E-state index in [9.17, 15) is 15.0 Å². The normalized spacial score (nSPS) is 18.7. The van der Waals surface area contributed by atoms with E-state index in [0.29, 0.717) is 18.6 Å². The number of amides is 1. The lowest BCUT2D eigenvalue weighted by Crippen LogP contribution is -2.45. The molecule has 1 saturated heterocycles. The number of hydrogen-bond donors (Lipinski definition) is 3. The summed E-state index contributed by atoms with van der Waals surface area (Å²) in [5.41, 5.74) is 0. The van der Waals surface area contributed by atoms with Crippen molar-refractivity contribution in [3.05, 3.63) is 48.6 Å². The smallest absolute Gasteiger partial charge is 0.220 e. The van der Waals surface area contributed by atoms with Crippen molar-refractivity contribution in [1.82, 2.24) is 5.32 Å². The fraction of sp³-hybridized carbons (Fsp3) is 0.750. The van der Waals surface area contributed by atoms with Gasteiger partial charge in [0.2, 0.25) is 5.91 Å². The molecule has 0 saturated carbocycles. The number of hydrogen-bond acceptors (Lipinski definition) is 4. The Kier molecular flexibility index (Phi) is 24.7. The van der Waals surface area contributed by atoms with Gasteiger partial charge in [0.1, 0.15) is 0 Å². The van der Waals surface area contributed by atoms with Gasteiger partial charge in [0.25, 0.3) is 0 Å². The van der Waals surface area contributed by atoms with Gasteiger partial charge < -0.3 is 20.3 Å². The molecule has 4 atom stereocenters. The van der Waals surface area contributed by atoms with Gasteiger partial charge in [0.15, 0.2) is 0 Å². The number of epoxide rings is 1. The number of aliphatic hydroxyl groups excluding tert-OH is 2. The fourth-order valence-electron chi connectivity index (χ4n) is 4.91. The Balaban J connectivity index is 2.02. The third kappa shape index (κ3) is 22.6. The van der Waals surface area contributed by atoms with Crippen molar-refractivity contribution in [2.75, 3.05) is 6.61 Å². The molecule has 0 aliphatic carbocycles. The average molecular weight is 574 g/mol. The lowest BCUT2D eigenvalue weighted by molar-refractivity contribution is -0.122. The largest absolute Gasteiger partial charge is 0.394 e. The van der Waals surface area contributed by atoms with E-state index < -0.39 is 12.1 Å². The third-order valence-corrected chi connectivity index (χ3v) is 7.71. The Morgan fingerprint density at radius 1 is 0.707 bits per heavy atom. The van der Waals surface area contributed by atoms with Crippen LogP contribution in [0.4, 0.5) is 0 Å². The monoisotopic (exact) mass is 573 g/mol. The molecule has 0 aromatic rings. The molecule has 0 bridgehead atoms. The zero-order valence-corrected chi connectivity index (χ0v) is 26.5. The molecule has 1 aliphatic heterocycles. The molecular formula is C36H63NO4. The Hall–Kier alpha value is -1.69. The van der Waals surface area contributed by atoms with E-state index in [4.69, 9.17) is 4.74 Å². The van der Waals surface area contributed by atoms with Gasteiger partial charge in [-0.1, -0.05) is 127 Å². The molecule has 0 radical (unpaired) electrons. The zero-order chi connectivity index (χ0) is 29.8. The van der Waals surface area contributed by atoms with E-state index in [1.807, 2.05) is 6.08 Å². The summed E-state index contributed by atoms with van der Waals surface area (Å²) in [6, 6.07) is -0.653. The predicted molar refractivity (Wildman–Crippen MR) is 174 cm³/mol. The summed E-state index contributed by atoms with van der Waals surface area (Å²) in [7, 11) is 0. The van der Waals surface area contributed by atoms with E-state index in [1.165, 1.54) is 77.0 Å². The van der Waals surface area contributed by atoms with Crippen molar-refractivity contribution < 1.29 is 19.7 Å². The molecule has 0 aromatic carbocycles. The van der Waals surface area contributed by atoms with Gasteiger partial charge in [-0.25, -0.2) is 0 Å². The van der Waals surface area contributed by atoms with Gasteiger partial charge in [-0.2, -0.15) is 0 Å². The maximum atomic E-state index is 12.3. The predicted octanol–water partition coefficient (Wildman–Crippen LogP) is 8.66. The summed E-state index contributed by atoms with van der Waals surface area (Å²) >= 11 is 0. The van der Waals surface area contributed by atoms with Crippen molar-refractivity contribution >= 4 is 5.91 Å². The van der Waals surface area contributed by atoms with Crippen LogP contribution in [0.2, 0.25) is 0 Å². The SMILES string of the molecule is CCCCC/C=C\CC1OC1C/C=C\C/C=C\CCCC(=O)N[C@@H](CO)[C@H](O)/C=C/CCCCCCCCCCC. The number of carbonyl (C=O) groups is 1. The minimum atomic E-state index is -0.863. The van der Waals surface area contributed by atoms with Crippen LogP contribution in [0.3, 0.4) is 0 Å². The summed E-state index contributed by atoms with van der Waals surface area (Å²) in [5.74, 6) is -0.126. The summed E-state index contributed by atoms with van der Waals surface area (Å²) in [6.07, 6.45) is 39.3. The fourth-order valence-corrected chi connectivity index (χ4v) is 4.91. The number of nitrogens with one attached hydrogen (secondary N) is 1. The number of rotatable bonds is 28. The zero-order valence-electron chi connectivity index (χ0n) is 26.5. The van der Waals surface area contributed by atoms with E-state index in [1.54, 1.807) is 6.08 Å². The second kappa shape index (κ2) is 27.2. The second-order valence-electron chi connectivity index (χ2n) is 11.6. The first-order valence-electron chi connectivity index (χ1n) is 17.0. The summed E-state index contributed by atoms with van der Waals surface area (Å²) in [5, 5.41) is 22.8. The molecule has 5 nitrogen and oxygen atoms in total. The minimum absolute atomic E-state index is 0.126.